The lowest BCUT2D eigenvalue weighted by molar-refractivity contribution is 0.394. The summed E-state index contributed by atoms with van der Waals surface area (Å²) in [6, 6.07) is 13.8. The summed E-state index contributed by atoms with van der Waals surface area (Å²) in [7, 11) is -2.15. The van der Waals surface area contributed by atoms with Crippen molar-refractivity contribution >= 4 is 15.7 Å². The summed E-state index contributed by atoms with van der Waals surface area (Å²) in [6.07, 6.45) is 0. The van der Waals surface area contributed by atoms with Gasteiger partial charge in [-0.15, -0.1) is 0 Å². The van der Waals surface area contributed by atoms with Gasteiger partial charge in [0, 0.05) is 19.5 Å². The number of benzene rings is 2. The molecular formula is C17H17N3O3S. The summed E-state index contributed by atoms with van der Waals surface area (Å²) >= 11 is 0. The number of hydrogen-bond donors (Lipinski definition) is 0. The number of rotatable bonds is 4. The van der Waals surface area contributed by atoms with Gasteiger partial charge in [0.2, 0.25) is 11.7 Å². The highest BCUT2D eigenvalue weighted by atomic mass is 32.2. The van der Waals surface area contributed by atoms with Gasteiger partial charge in [0.25, 0.3) is 10.0 Å². The van der Waals surface area contributed by atoms with Gasteiger partial charge in [0.1, 0.15) is 0 Å². The second-order valence-corrected chi connectivity index (χ2v) is 7.44. The second kappa shape index (κ2) is 6.09. The summed E-state index contributed by atoms with van der Waals surface area (Å²) in [5.74, 6) is 0.789. The molecular weight excluding hydrogens is 326 g/mol. The first-order chi connectivity index (χ1) is 11.4. The summed E-state index contributed by atoms with van der Waals surface area (Å²) < 4.78 is 31.9. The molecule has 0 saturated heterocycles. The standard InChI is InChI=1S/C17H17N3O3S/c1-12-7-9-15(10-8-12)20(3)24(21,22)16-6-4-5-14(11-16)17-18-13(2)23-19-17/h4-11H,1-3H3. The quantitative estimate of drug-likeness (QED) is 0.727. The Morgan fingerprint density at radius 1 is 1.04 bits per heavy atom. The highest BCUT2D eigenvalue weighted by Crippen LogP contribution is 2.25. The maximum atomic E-state index is 12.9. The van der Waals surface area contributed by atoms with Gasteiger partial charge in [0.15, 0.2) is 0 Å². The van der Waals surface area contributed by atoms with Gasteiger partial charge in [-0.1, -0.05) is 35.0 Å². The minimum atomic E-state index is -3.68. The molecule has 0 amide bonds. The van der Waals surface area contributed by atoms with Crippen LogP contribution in [0.1, 0.15) is 11.5 Å². The van der Waals surface area contributed by atoms with Crippen LogP contribution in [0.25, 0.3) is 11.4 Å². The first kappa shape index (κ1) is 16.2. The Bertz CT molecular complexity index is 963. The fraction of sp³-hybridized carbons (Fsp3) is 0.176. The van der Waals surface area contributed by atoms with Gasteiger partial charge < -0.3 is 4.52 Å². The molecule has 1 aromatic heterocycles. The summed E-state index contributed by atoms with van der Waals surface area (Å²) in [5.41, 5.74) is 2.26. The number of anilines is 1. The van der Waals surface area contributed by atoms with E-state index in [1.165, 1.54) is 11.4 Å². The highest BCUT2D eigenvalue weighted by Gasteiger charge is 2.22. The Morgan fingerprint density at radius 3 is 2.38 bits per heavy atom. The van der Waals surface area contributed by atoms with E-state index in [0.717, 1.165) is 5.56 Å². The zero-order valence-corrected chi connectivity index (χ0v) is 14.4. The van der Waals surface area contributed by atoms with Crippen molar-refractivity contribution in [3.8, 4) is 11.4 Å². The molecule has 3 aromatic rings. The van der Waals surface area contributed by atoms with Crippen LogP contribution in [-0.4, -0.2) is 25.6 Å². The summed E-state index contributed by atoms with van der Waals surface area (Å²) in [4.78, 5) is 4.30. The lowest BCUT2D eigenvalue weighted by Gasteiger charge is -2.20. The van der Waals surface area contributed by atoms with E-state index in [1.807, 2.05) is 19.1 Å². The molecule has 0 aliphatic heterocycles. The number of aryl methyl sites for hydroxylation is 2. The third-order valence-corrected chi connectivity index (χ3v) is 5.46. The fourth-order valence-corrected chi connectivity index (χ4v) is 3.51. The Balaban J connectivity index is 1.99. The zero-order chi connectivity index (χ0) is 17.3. The Hall–Kier alpha value is -2.67. The maximum absolute atomic E-state index is 12.9. The van der Waals surface area contributed by atoms with Crippen molar-refractivity contribution < 1.29 is 12.9 Å². The highest BCUT2D eigenvalue weighted by molar-refractivity contribution is 7.92. The van der Waals surface area contributed by atoms with Crippen LogP contribution in [0.4, 0.5) is 5.69 Å². The Labute approximate surface area is 140 Å². The van der Waals surface area contributed by atoms with E-state index < -0.39 is 10.0 Å². The van der Waals surface area contributed by atoms with Gasteiger partial charge in [-0.3, -0.25) is 4.31 Å². The van der Waals surface area contributed by atoms with Crippen molar-refractivity contribution in [2.45, 2.75) is 18.7 Å². The average molecular weight is 343 g/mol. The number of hydrogen-bond acceptors (Lipinski definition) is 5. The van der Waals surface area contributed by atoms with Gasteiger partial charge in [-0.25, -0.2) is 8.42 Å². The van der Waals surface area contributed by atoms with Crippen LogP contribution >= 0.6 is 0 Å². The van der Waals surface area contributed by atoms with E-state index in [4.69, 9.17) is 4.52 Å². The molecule has 0 spiro atoms. The van der Waals surface area contributed by atoms with E-state index in [1.54, 1.807) is 43.3 Å². The minimum Gasteiger partial charge on any atom is -0.339 e. The van der Waals surface area contributed by atoms with E-state index >= 15 is 0 Å². The minimum absolute atomic E-state index is 0.172. The van der Waals surface area contributed by atoms with Crippen LogP contribution < -0.4 is 4.31 Å². The van der Waals surface area contributed by atoms with Crippen LogP contribution in [0.2, 0.25) is 0 Å². The molecule has 0 aliphatic carbocycles. The lowest BCUT2D eigenvalue weighted by atomic mass is 10.2. The average Bonchev–Trinajstić information content (AvgIpc) is 3.01. The smallest absolute Gasteiger partial charge is 0.264 e. The van der Waals surface area contributed by atoms with Crippen LogP contribution in [0.3, 0.4) is 0 Å². The van der Waals surface area contributed by atoms with E-state index in [9.17, 15) is 8.42 Å². The normalized spacial score (nSPS) is 11.5. The second-order valence-electron chi connectivity index (χ2n) is 5.47. The molecule has 0 radical (unpaired) electrons. The largest absolute Gasteiger partial charge is 0.339 e. The molecule has 0 bridgehead atoms. The maximum Gasteiger partial charge on any atom is 0.264 e. The Morgan fingerprint density at radius 2 is 1.75 bits per heavy atom. The van der Waals surface area contributed by atoms with Crippen molar-refractivity contribution in [3.05, 3.63) is 60.0 Å². The topological polar surface area (TPSA) is 76.3 Å². The molecule has 0 fully saturated rings. The molecule has 6 nitrogen and oxygen atoms in total. The summed E-state index contributed by atoms with van der Waals surface area (Å²) in [5, 5.41) is 3.83. The molecule has 1 heterocycles. The number of nitrogens with zero attached hydrogens (tertiary/aromatic N) is 3. The first-order valence-electron chi connectivity index (χ1n) is 7.34. The molecule has 0 unspecified atom stereocenters. The molecule has 0 aliphatic rings. The molecule has 24 heavy (non-hydrogen) atoms. The van der Waals surface area contributed by atoms with Gasteiger partial charge in [0.05, 0.1) is 10.6 Å². The van der Waals surface area contributed by atoms with Crippen molar-refractivity contribution in [3.63, 3.8) is 0 Å². The first-order valence-corrected chi connectivity index (χ1v) is 8.78. The molecule has 2 aromatic carbocycles. The van der Waals surface area contributed by atoms with Gasteiger partial charge >= 0.3 is 0 Å². The van der Waals surface area contributed by atoms with Crippen molar-refractivity contribution in [2.75, 3.05) is 11.4 Å². The summed E-state index contributed by atoms with van der Waals surface area (Å²) in [6.45, 7) is 3.64. The molecule has 124 valence electrons. The Kier molecular flexibility index (Phi) is 4.11. The number of aromatic nitrogens is 2. The molecule has 3 rings (SSSR count). The van der Waals surface area contributed by atoms with Gasteiger partial charge in [-0.05, 0) is 31.2 Å². The lowest BCUT2D eigenvalue weighted by Crippen LogP contribution is -2.26. The molecule has 7 heteroatoms. The van der Waals surface area contributed by atoms with Crippen molar-refractivity contribution in [1.29, 1.82) is 0 Å². The zero-order valence-electron chi connectivity index (χ0n) is 13.6. The number of sulfonamides is 1. The van der Waals surface area contributed by atoms with E-state index in [-0.39, 0.29) is 4.90 Å². The predicted octanol–water partition coefficient (Wildman–Crippen LogP) is 3.18. The van der Waals surface area contributed by atoms with Crippen molar-refractivity contribution in [2.24, 2.45) is 0 Å². The van der Waals surface area contributed by atoms with Crippen LogP contribution in [-0.2, 0) is 10.0 Å². The third-order valence-electron chi connectivity index (χ3n) is 3.68. The molecule has 0 saturated carbocycles. The van der Waals surface area contributed by atoms with E-state index in [2.05, 4.69) is 10.1 Å². The van der Waals surface area contributed by atoms with Gasteiger partial charge in [-0.2, -0.15) is 4.98 Å². The van der Waals surface area contributed by atoms with Crippen molar-refractivity contribution in [1.82, 2.24) is 10.1 Å². The fourth-order valence-electron chi connectivity index (χ4n) is 2.26. The van der Waals surface area contributed by atoms with Crippen LogP contribution in [0.15, 0.2) is 57.9 Å². The van der Waals surface area contributed by atoms with Crippen LogP contribution in [0.5, 0.6) is 0 Å². The SMILES string of the molecule is Cc1ccc(N(C)S(=O)(=O)c2cccc(-c3noc(C)n3)c2)cc1. The third kappa shape index (κ3) is 3.03. The molecule has 0 N–H and O–H groups in total. The monoisotopic (exact) mass is 343 g/mol. The molecule has 0 atom stereocenters. The van der Waals surface area contributed by atoms with E-state index in [0.29, 0.717) is 23.0 Å². The van der Waals surface area contributed by atoms with Crippen LogP contribution in [0, 0.1) is 13.8 Å². The predicted molar refractivity (Wildman–Crippen MR) is 91.2 cm³/mol.